The van der Waals surface area contributed by atoms with Gasteiger partial charge in [-0.15, -0.1) is 0 Å². The maximum atomic E-state index is 11.2. The van der Waals surface area contributed by atoms with E-state index in [0.29, 0.717) is 6.42 Å². The molecule has 1 N–H and O–H groups in total. The lowest BCUT2D eigenvalue weighted by Crippen LogP contribution is -2.26. The average Bonchev–Trinajstić information content (AvgIpc) is 2.25. The number of hydrogen-bond acceptors (Lipinski definition) is 3. The summed E-state index contributed by atoms with van der Waals surface area (Å²) in [5.41, 5.74) is 0.939. The van der Waals surface area contributed by atoms with Gasteiger partial charge in [0, 0.05) is 6.04 Å². The fourth-order valence-electron chi connectivity index (χ4n) is 1.48. The summed E-state index contributed by atoms with van der Waals surface area (Å²) in [6.07, 6.45) is 1.87. The van der Waals surface area contributed by atoms with Gasteiger partial charge in [0.2, 0.25) is 10.0 Å². The van der Waals surface area contributed by atoms with Gasteiger partial charge >= 0.3 is 0 Å². The molecule has 0 aliphatic heterocycles. The van der Waals surface area contributed by atoms with Crippen LogP contribution in [0.2, 0.25) is 0 Å². The number of hydrogen-bond donors (Lipinski definition) is 1. The third-order valence-electron chi connectivity index (χ3n) is 2.28. The molecule has 0 aliphatic rings. The van der Waals surface area contributed by atoms with Gasteiger partial charge in [-0.1, -0.05) is 19.1 Å². The first-order valence-corrected chi connectivity index (χ1v) is 6.96. The van der Waals surface area contributed by atoms with Crippen LogP contribution >= 0.6 is 0 Å². The number of rotatable bonds is 5. The Bertz CT molecular complexity index is 425. The van der Waals surface area contributed by atoms with E-state index >= 15 is 0 Å². The fraction of sp³-hybridized carbons (Fsp3) is 0.455. The van der Waals surface area contributed by atoms with Gasteiger partial charge in [0.05, 0.1) is 13.4 Å². The van der Waals surface area contributed by atoms with Crippen molar-refractivity contribution in [3.63, 3.8) is 0 Å². The van der Waals surface area contributed by atoms with E-state index in [1.54, 1.807) is 7.11 Å². The molecule has 1 aromatic rings. The molecular formula is C11H17NO3S. The van der Waals surface area contributed by atoms with Crippen molar-refractivity contribution in [2.75, 3.05) is 13.4 Å². The molecule has 1 atom stereocenters. The lowest BCUT2D eigenvalue weighted by Gasteiger charge is -2.16. The molecule has 1 rings (SSSR count). The summed E-state index contributed by atoms with van der Waals surface area (Å²) in [5, 5.41) is 0. The Labute approximate surface area is 96.7 Å². The van der Waals surface area contributed by atoms with E-state index in [9.17, 15) is 8.42 Å². The molecule has 0 unspecified atom stereocenters. The Morgan fingerprint density at radius 2 is 1.88 bits per heavy atom. The molecule has 4 nitrogen and oxygen atoms in total. The Hall–Kier alpha value is -1.07. The van der Waals surface area contributed by atoms with Crippen molar-refractivity contribution in [3.8, 4) is 5.75 Å². The van der Waals surface area contributed by atoms with E-state index in [-0.39, 0.29) is 6.04 Å². The van der Waals surface area contributed by atoms with Crippen molar-refractivity contribution in [1.29, 1.82) is 0 Å². The summed E-state index contributed by atoms with van der Waals surface area (Å²) in [4.78, 5) is 0. The van der Waals surface area contributed by atoms with E-state index in [0.717, 1.165) is 11.3 Å². The number of methoxy groups -OCH3 is 1. The van der Waals surface area contributed by atoms with Crippen LogP contribution in [-0.2, 0) is 10.0 Å². The second-order valence-corrected chi connectivity index (χ2v) is 5.40. The molecule has 0 radical (unpaired) electrons. The normalized spacial score (nSPS) is 13.4. The third-order valence-corrected chi connectivity index (χ3v) is 3.00. The molecule has 0 amide bonds. The highest BCUT2D eigenvalue weighted by Crippen LogP contribution is 2.20. The van der Waals surface area contributed by atoms with Crippen LogP contribution in [-0.4, -0.2) is 21.8 Å². The lowest BCUT2D eigenvalue weighted by atomic mass is 10.1. The maximum Gasteiger partial charge on any atom is 0.209 e. The molecule has 5 heteroatoms. The van der Waals surface area contributed by atoms with E-state index in [4.69, 9.17) is 4.74 Å². The Kier molecular flexibility index (Phi) is 4.32. The summed E-state index contributed by atoms with van der Waals surface area (Å²) < 4.78 is 30.0. The molecule has 0 heterocycles. The van der Waals surface area contributed by atoms with Gasteiger partial charge in [0.25, 0.3) is 0 Å². The Morgan fingerprint density at radius 3 is 2.25 bits per heavy atom. The molecule has 90 valence electrons. The highest BCUT2D eigenvalue weighted by atomic mass is 32.2. The highest BCUT2D eigenvalue weighted by molar-refractivity contribution is 7.88. The minimum Gasteiger partial charge on any atom is -0.497 e. The minimum absolute atomic E-state index is 0.180. The quantitative estimate of drug-likeness (QED) is 0.856. The van der Waals surface area contributed by atoms with Crippen molar-refractivity contribution in [2.24, 2.45) is 0 Å². The molecule has 0 bridgehead atoms. The minimum atomic E-state index is -3.18. The molecular weight excluding hydrogens is 226 g/mol. The van der Waals surface area contributed by atoms with E-state index in [1.807, 2.05) is 31.2 Å². The van der Waals surface area contributed by atoms with Gasteiger partial charge in [-0.25, -0.2) is 13.1 Å². The summed E-state index contributed by atoms with van der Waals surface area (Å²) in [6.45, 7) is 1.94. The summed E-state index contributed by atoms with van der Waals surface area (Å²) >= 11 is 0. The van der Waals surface area contributed by atoms with Crippen LogP contribution in [0.5, 0.6) is 5.75 Å². The zero-order chi connectivity index (χ0) is 12.2. The summed E-state index contributed by atoms with van der Waals surface area (Å²) in [7, 11) is -1.58. The van der Waals surface area contributed by atoms with Crippen LogP contribution in [0.25, 0.3) is 0 Å². The highest BCUT2D eigenvalue weighted by Gasteiger charge is 2.13. The van der Waals surface area contributed by atoms with Crippen LogP contribution in [0.3, 0.4) is 0 Å². The smallest absolute Gasteiger partial charge is 0.209 e. The first kappa shape index (κ1) is 13.0. The summed E-state index contributed by atoms with van der Waals surface area (Å²) in [5.74, 6) is 0.762. The predicted octanol–water partition coefficient (Wildman–Crippen LogP) is 1.70. The van der Waals surface area contributed by atoms with Crippen molar-refractivity contribution in [1.82, 2.24) is 4.72 Å². The van der Waals surface area contributed by atoms with Crippen molar-refractivity contribution in [3.05, 3.63) is 29.8 Å². The Balaban J connectivity index is 2.87. The van der Waals surface area contributed by atoms with Crippen LogP contribution in [0, 0.1) is 0 Å². The van der Waals surface area contributed by atoms with Gasteiger partial charge in [-0.3, -0.25) is 0 Å². The molecule has 0 spiro atoms. The molecule has 0 saturated heterocycles. The topological polar surface area (TPSA) is 55.4 Å². The summed E-state index contributed by atoms with van der Waals surface area (Å²) in [6, 6.07) is 7.20. The van der Waals surface area contributed by atoms with Gasteiger partial charge in [0.15, 0.2) is 0 Å². The van der Waals surface area contributed by atoms with Gasteiger partial charge in [-0.05, 0) is 24.1 Å². The number of ether oxygens (including phenoxy) is 1. The largest absolute Gasteiger partial charge is 0.497 e. The zero-order valence-corrected chi connectivity index (χ0v) is 10.5. The van der Waals surface area contributed by atoms with E-state index < -0.39 is 10.0 Å². The SMILES string of the molecule is CC[C@@H](NS(C)(=O)=O)c1ccc(OC)cc1. The van der Waals surface area contributed by atoms with Crippen molar-refractivity contribution < 1.29 is 13.2 Å². The van der Waals surface area contributed by atoms with E-state index in [1.165, 1.54) is 6.26 Å². The molecule has 16 heavy (non-hydrogen) atoms. The predicted molar refractivity (Wildman–Crippen MR) is 64.0 cm³/mol. The molecule has 0 aliphatic carbocycles. The van der Waals surface area contributed by atoms with Crippen LogP contribution < -0.4 is 9.46 Å². The second-order valence-electron chi connectivity index (χ2n) is 3.62. The van der Waals surface area contributed by atoms with Crippen LogP contribution in [0.4, 0.5) is 0 Å². The van der Waals surface area contributed by atoms with Crippen LogP contribution in [0.15, 0.2) is 24.3 Å². The van der Waals surface area contributed by atoms with Gasteiger partial charge < -0.3 is 4.74 Å². The first-order valence-electron chi connectivity index (χ1n) is 5.07. The zero-order valence-electron chi connectivity index (χ0n) is 9.73. The average molecular weight is 243 g/mol. The molecule has 0 saturated carbocycles. The van der Waals surface area contributed by atoms with E-state index in [2.05, 4.69) is 4.72 Å². The third kappa shape index (κ3) is 3.83. The Morgan fingerprint density at radius 1 is 1.31 bits per heavy atom. The molecule has 0 aromatic heterocycles. The first-order chi connectivity index (χ1) is 7.46. The monoisotopic (exact) mass is 243 g/mol. The van der Waals surface area contributed by atoms with Crippen molar-refractivity contribution in [2.45, 2.75) is 19.4 Å². The number of sulfonamides is 1. The number of nitrogens with one attached hydrogen (secondary N) is 1. The van der Waals surface area contributed by atoms with Crippen LogP contribution in [0.1, 0.15) is 24.9 Å². The lowest BCUT2D eigenvalue weighted by molar-refractivity contribution is 0.414. The standard InChI is InChI=1S/C11H17NO3S/c1-4-11(12-16(3,13)14)9-5-7-10(15-2)8-6-9/h5-8,11-12H,4H2,1-3H3/t11-/m1/s1. The van der Waals surface area contributed by atoms with Gasteiger partial charge in [-0.2, -0.15) is 0 Å². The maximum absolute atomic E-state index is 11.2. The van der Waals surface area contributed by atoms with Crippen molar-refractivity contribution >= 4 is 10.0 Å². The molecule has 0 fully saturated rings. The number of benzene rings is 1. The molecule has 1 aromatic carbocycles. The second kappa shape index (κ2) is 5.32. The fourth-order valence-corrected chi connectivity index (χ4v) is 2.30. The van der Waals surface area contributed by atoms with Gasteiger partial charge in [0.1, 0.15) is 5.75 Å².